The van der Waals surface area contributed by atoms with Crippen molar-refractivity contribution < 1.29 is 22.3 Å². The molecular weight excluding hydrogens is 398 g/mol. The van der Waals surface area contributed by atoms with Gasteiger partial charge >= 0.3 is 6.18 Å². The van der Waals surface area contributed by atoms with Crippen LogP contribution >= 0.6 is 0 Å². The van der Waals surface area contributed by atoms with Crippen LogP contribution in [-0.2, 0) is 12.8 Å². The summed E-state index contributed by atoms with van der Waals surface area (Å²) >= 11 is 0. The number of rotatable bonds is 4. The minimum atomic E-state index is -4.48. The molecule has 0 radical (unpaired) electrons. The molecule has 1 aliphatic heterocycles. The van der Waals surface area contributed by atoms with Crippen molar-refractivity contribution in [3.05, 3.63) is 87.9 Å². The van der Waals surface area contributed by atoms with Crippen LogP contribution in [0.1, 0.15) is 16.8 Å². The molecule has 0 saturated heterocycles. The van der Waals surface area contributed by atoms with E-state index in [4.69, 9.17) is 4.74 Å². The van der Waals surface area contributed by atoms with Gasteiger partial charge in [-0.25, -0.2) is 4.39 Å². The van der Waals surface area contributed by atoms with Crippen LogP contribution in [0, 0.1) is 12.7 Å². The number of anilines is 1. The van der Waals surface area contributed by atoms with Gasteiger partial charge in [-0.3, -0.25) is 9.98 Å². The second-order valence-electron chi connectivity index (χ2n) is 6.80. The van der Waals surface area contributed by atoms with E-state index in [-0.39, 0.29) is 24.2 Å². The van der Waals surface area contributed by atoms with Gasteiger partial charge in [0.15, 0.2) is 0 Å². The van der Waals surface area contributed by atoms with Crippen LogP contribution in [-0.4, -0.2) is 11.7 Å². The largest absolute Gasteiger partial charge is 0.487 e. The van der Waals surface area contributed by atoms with E-state index in [2.05, 4.69) is 9.98 Å². The molecule has 0 amide bonds. The van der Waals surface area contributed by atoms with Crippen molar-refractivity contribution in [3.8, 4) is 5.75 Å². The van der Waals surface area contributed by atoms with E-state index in [1.807, 2.05) is 6.92 Å². The van der Waals surface area contributed by atoms with Crippen LogP contribution in [0.25, 0.3) is 6.20 Å². The van der Waals surface area contributed by atoms with Crippen LogP contribution in [0.15, 0.2) is 59.7 Å². The lowest BCUT2D eigenvalue weighted by atomic mass is 10.1. The number of alkyl halides is 3. The third-order valence-electron chi connectivity index (χ3n) is 4.77. The zero-order chi connectivity index (χ0) is 21.3. The fraction of sp³-hybridized carbons (Fsp3) is 0.182. The summed E-state index contributed by atoms with van der Waals surface area (Å²) in [5.41, 5.74) is 0.929. The first-order valence-corrected chi connectivity index (χ1v) is 9.15. The van der Waals surface area contributed by atoms with Crippen molar-refractivity contribution in [1.29, 1.82) is 0 Å². The summed E-state index contributed by atoms with van der Waals surface area (Å²) in [6, 6.07) is 12.0. The molecule has 0 saturated carbocycles. The normalized spacial score (nSPS) is 13.3. The van der Waals surface area contributed by atoms with Crippen LogP contribution < -0.4 is 20.2 Å². The molecule has 0 aliphatic carbocycles. The molecule has 2 aromatic carbocycles. The number of hydrogen-bond acceptors (Lipinski definition) is 4. The monoisotopic (exact) mass is 415 g/mol. The van der Waals surface area contributed by atoms with Crippen LogP contribution in [0.4, 0.5) is 23.2 Å². The van der Waals surface area contributed by atoms with E-state index in [1.165, 1.54) is 30.6 Å². The van der Waals surface area contributed by atoms with E-state index in [9.17, 15) is 17.6 Å². The van der Waals surface area contributed by atoms with Crippen LogP contribution in [0.5, 0.6) is 5.75 Å². The molecular formula is C22H17F4N3O. The van der Waals surface area contributed by atoms with Crippen molar-refractivity contribution >= 4 is 11.9 Å². The molecule has 1 aliphatic rings. The number of aryl methyl sites for hydroxylation is 1. The summed E-state index contributed by atoms with van der Waals surface area (Å²) < 4.78 is 59.6. The van der Waals surface area contributed by atoms with E-state index in [1.54, 1.807) is 29.2 Å². The van der Waals surface area contributed by atoms with Crippen molar-refractivity contribution in [2.75, 3.05) is 11.6 Å². The first-order chi connectivity index (χ1) is 14.3. The van der Waals surface area contributed by atoms with E-state index in [0.717, 1.165) is 11.6 Å². The van der Waals surface area contributed by atoms with Crippen molar-refractivity contribution in [3.63, 3.8) is 0 Å². The molecule has 0 bridgehead atoms. The van der Waals surface area contributed by atoms with E-state index < -0.39 is 17.6 Å². The molecule has 0 atom stereocenters. The molecule has 3 aromatic rings. The van der Waals surface area contributed by atoms with Crippen LogP contribution in [0.2, 0.25) is 0 Å². The topological polar surface area (TPSA) is 37.7 Å². The van der Waals surface area contributed by atoms with Gasteiger partial charge in [-0.05, 0) is 42.8 Å². The van der Waals surface area contributed by atoms with Gasteiger partial charge < -0.3 is 9.64 Å². The number of fused-ring (bicyclic) bond motifs is 1. The molecule has 8 heteroatoms. The fourth-order valence-electron chi connectivity index (χ4n) is 3.23. The highest BCUT2D eigenvalue weighted by molar-refractivity contribution is 5.65. The van der Waals surface area contributed by atoms with Gasteiger partial charge in [0.25, 0.3) is 0 Å². The Hall–Kier alpha value is -3.42. The second-order valence-corrected chi connectivity index (χ2v) is 6.80. The maximum Gasteiger partial charge on any atom is 0.417 e. The number of ether oxygens (including phenoxy) is 1. The molecule has 30 heavy (non-hydrogen) atoms. The smallest absolute Gasteiger partial charge is 0.417 e. The second kappa shape index (κ2) is 7.78. The molecule has 4 rings (SSSR count). The molecule has 1 aromatic heterocycles. The molecule has 0 spiro atoms. The van der Waals surface area contributed by atoms with Gasteiger partial charge in [-0.2, -0.15) is 13.2 Å². The van der Waals surface area contributed by atoms with Gasteiger partial charge in [-0.15, -0.1) is 0 Å². The quantitative estimate of drug-likeness (QED) is 0.606. The Labute approximate surface area is 169 Å². The molecule has 0 N–H and O–H groups in total. The number of nitrogens with zero attached hydrogens (tertiary/aromatic N) is 3. The lowest BCUT2D eigenvalue weighted by molar-refractivity contribution is -0.138. The SMILES string of the molecule is Cc1ccc(OCc2ncccc2F)cc1N1C=c2c(C(F)(F)F)cccc2=NC1. The summed E-state index contributed by atoms with van der Waals surface area (Å²) in [4.78, 5) is 9.88. The summed E-state index contributed by atoms with van der Waals surface area (Å²) in [6.45, 7) is 1.95. The Morgan fingerprint density at radius 3 is 2.70 bits per heavy atom. The Morgan fingerprint density at radius 2 is 1.93 bits per heavy atom. The van der Waals surface area contributed by atoms with Crippen molar-refractivity contribution in [2.45, 2.75) is 19.7 Å². The summed E-state index contributed by atoms with van der Waals surface area (Å²) in [5.74, 6) is -0.0201. The predicted octanol–water partition coefficient (Wildman–Crippen LogP) is 3.96. The van der Waals surface area contributed by atoms with Gasteiger partial charge in [0.1, 0.15) is 30.5 Å². The van der Waals surface area contributed by atoms with Crippen LogP contribution in [0.3, 0.4) is 0 Å². The number of aromatic nitrogens is 1. The minimum absolute atomic E-state index is 0.0255. The first kappa shape index (κ1) is 19.9. The van der Waals surface area contributed by atoms with Crippen molar-refractivity contribution in [1.82, 2.24) is 4.98 Å². The van der Waals surface area contributed by atoms with Gasteiger partial charge in [-0.1, -0.05) is 12.1 Å². The minimum Gasteiger partial charge on any atom is -0.487 e. The average Bonchev–Trinajstić information content (AvgIpc) is 2.72. The fourth-order valence-corrected chi connectivity index (χ4v) is 3.23. The third-order valence-corrected chi connectivity index (χ3v) is 4.77. The Balaban J connectivity index is 1.66. The highest BCUT2D eigenvalue weighted by atomic mass is 19.4. The molecule has 0 fully saturated rings. The Morgan fingerprint density at radius 1 is 1.10 bits per heavy atom. The highest BCUT2D eigenvalue weighted by Crippen LogP contribution is 2.29. The highest BCUT2D eigenvalue weighted by Gasteiger charge is 2.32. The Bertz CT molecular complexity index is 1210. The third kappa shape index (κ3) is 3.98. The summed E-state index contributed by atoms with van der Waals surface area (Å²) in [6.07, 6.45) is -1.55. The van der Waals surface area contributed by atoms with E-state index >= 15 is 0 Å². The first-order valence-electron chi connectivity index (χ1n) is 9.15. The van der Waals surface area contributed by atoms with E-state index in [0.29, 0.717) is 16.8 Å². The molecule has 2 heterocycles. The molecule has 154 valence electrons. The number of pyridine rings is 1. The average molecular weight is 415 g/mol. The standard InChI is InChI=1S/C22H17F4N3O/c1-14-7-8-15(30-12-20-18(23)5-3-9-27-20)10-21(14)29-11-16-17(22(24,25)26)4-2-6-19(16)28-13-29/h2-11H,12-13H2,1H3. The maximum absolute atomic E-state index is 13.7. The van der Waals surface area contributed by atoms with Gasteiger partial charge in [0.05, 0.1) is 10.9 Å². The number of benzene rings is 2. The summed E-state index contributed by atoms with van der Waals surface area (Å²) in [5, 5.41) is 0.328. The van der Waals surface area contributed by atoms with Gasteiger partial charge in [0.2, 0.25) is 0 Å². The zero-order valence-corrected chi connectivity index (χ0v) is 15.9. The maximum atomic E-state index is 13.7. The summed E-state index contributed by atoms with van der Waals surface area (Å²) in [7, 11) is 0. The predicted molar refractivity (Wildman–Crippen MR) is 104 cm³/mol. The van der Waals surface area contributed by atoms with Crippen molar-refractivity contribution in [2.24, 2.45) is 4.99 Å². The number of hydrogen-bond donors (Lipinski definition) is 0. The molecule has 0 unspecified atom stereocenters. The molecule has 4 nitrogen and oxygen atoms in total. The zero-order valence-electron chi connectivity index (χ0n) is 15.9. The Kier molecular flexibility index (Phi) is 5.15. The lowest BCUT2D eigenvalue weighted by Gasteiger charge is -2.24. The lowest BCUT2D eigenvalue weighted by Crippen LogP contribution is -2.40. The number of halogens is 4. The van der Waals surface area contributed by atoms with Gasteiger partial charge in [0, 0.05) is 29.4 Å².